The van der Waals surface area contributed by atoms with Gasteiger partial charge in [-0.2, -0.15) is 0 Å². The Labute approximate surface area is 92.9 Å². The molecule has 82 valence electrons. The third-order valence-electron chi connectivity index (χ3n) is 1.95. The van der Waals surface area contributed by atoms with Gasteiger partial charge >= 0.3 is 0 Å². The van der Waals surface area contributed by atoms with Gasteiger partial charge in [0.05, 0.1) is 0 Å². The predicted octanol–water partition coefficient (Wildman–Crippen LogP) is 1.00. The number of imidazole rings is 2. The van der Waals surface area contributed by atoms with Crippen LogP contribution in [0.25, 0.3) is 11.4 Å². The minimum Gasteiger partial charge on any atom is -0.382 e. The van der Waals surface area contributed by atoms with Crippen molar-refractivity contribution in [2.45, 2.75) is 13.8 Å². The maximum Gasteiger partial charge on any atom is 0.151 e. The summed E-state index contributed by atoms with van der Waals surface area (Å²) in [5.74, 6) is 2.36. The van der Waals surface area contributed by atoms with E-state index in [2.05, 4.69) is 19.9 Å². The molecule has 6 N–H and O–H groups in total. The Balaban J connectivity index is 0.00000112. The van der Waals surface area contributed by atoms with Crippen LogP contribution in [0.1, 0.15) is 11.6 Å². The van der Waals surface area contributed by atoms with Crippen molar-refractivity contribution in [2.24, 2.45) is 0 Å². The van der Waals surface area contributed by atoms with E-state index in [1.807, 2.05) is 13.8 Å². The van der Waals surface area contributed by atoms with Gasteiger partial charge < -0.3 is 21.4 Å². The molecule has 0 amide bonds. The van der Waals surface area contributed by atoms with Crippen LogP contribution in [-0.2, 0) is 0 Å². The maximum absolute atomic E-state index is 5.71. The molecule has 0 aromatic carbocycles. The van der Waals surface area contributed by atoms with Gasteiger partial charge in [-0.25, -0.2) is 9.97 Å². The summed E-state index contributed by atoms with van der Waals surface area (Å²) >= 11 is 0. The van der Waals surface area contributed by atoms with Gasteiger partial charge in [0.1, 0.15) is 23.0 Å². The Hall–Kier alpha value is -1.69. The first-order chi connectivity index (χ1) is 6.58. The number of hydrogen-bond acceptors (Lipinski definition) is 4. The normalized spacial score (nSPS) is 10.0. The second-order valence-corrected chi connectivity index (χ2v) is 3.16. The monoisotopic (exact) mass is 228 g/mol. The van der Waals surface area contributed by atoms with E-state index >= 15 is 0 Å². The number of aromatic amines is 2. The van der Waals surface area contributed by atoms with E-state index in [4.69, 9.17) is 11.5 Å². The molecule has 0 bridgehead atoms. The minimum atomic E-state index is 0. The number of halogens is 1. The number of rotatable bonds is 1. The fourth-order valence-corrected chi connectivity index (χ4v) is 1.40. The van der Waals surface area contributed by atoms with Gasteiger partial charge in [-0.3, -0.25) is 0 Å². The number of aromatic nitrogens is 4. The predicted molar refractivity (Wildman–Crippen MR) is 61.7 cm³/mol. The first-order valence-electron chi connectivity index (χ1n) is 4.22. The highest BCUT2D eigenvalue weighted by atomic mass is 35.5. The van der Waals surface area contributed by atoms with Crippen molar-refractivity contribution in [3.63, 3.8) is 0 Å². The number of nitrogen functional groups attached to an aromatic ring is 2. The summed E-state index contributed by atoms with van der Waals surface area (Å²) in [6.07, 6.45) is 0. The van der Waals surface area contributed by atoms with Gasteiger partial charge in [-0.05, 0) is 13.8 Å². The molecule has 0 saturated carbocycles. The van der Waals surface area contributed by atoms with Crippen LogP contribution in [-0.4, -0.2) is 19.9 Å². The van der Waals surface area contributed by atoms with Crippen LogP contribution in [0.4, 0.5) is 11.6 Å². The topological polar surface area (TPSA) is 109 Å². The van der Waals surface area contributed by atoms with Crippen LogP contribution in [0.5, 0.6) is 0 Å². The lowest BCUT2D eigenvalue weighted by molar-refractivity contribution is 1.14. The van der Waals surface area contributed by atoms with Crippen molar-refractivity contribution in [1.29, 1.82) is 0 Å². The highest BCUT2D eigenvalue weighted by Crippen LogP contribution is 2.26. The Kier molecular flexibility index (Phi) is 2.90. The van der Waals surface area contributed by atoms with Gasteiger partial charge in [-0.1, -0.05) is 0 Å². The standard InChI is InChI=1S/C8H12N6.ClH/c1-3-11-5(7(9)13-3)6-8(10)14-4(2)12-6;/h9-10H2,1-2H3,(H,11,13)(H,12,14);1H. The quantitative estimate of drug-likeness (QED) is 0.584. The highest BCUT2D eigenvalue weighted by molar-refractivity contribution is 5.85. The molecular weight excluding hydrogens is 216 g/mol. The van der Waals surface area contributed by atoms with Crippen molar-refractivity contribution in [3.8, 4) is 11.4 Å². The molecule has 0 unspecified atom stereocenters. The van der Waals surface area contributed by atoms with E-state index in [1.165, 1.54) is 0 Å². The van der Waals surface area contributed by atoms with Gasteiger partial charge in [-0.15, -0.1) is 12.4 Å². The van der Waals surface area contributed by atoms with E-state index in [1.54, 1.807) is 0 Å². The Morgan fingerprint density at radius 3 is 1.40 bits per heavy atom. The van der Waals surface area contributed by atoms with Crippen molar-refractivity contribution >= 4 is 24.0 Å². The van der Waals surface area contributed by atoms with Crippen molar-refractivity contribution in [1.82, 2.24) is 19.9 Å². The Bertz CT molecular complexity index is 427. The minimum absolute atomic E-state index is 0. The lowest BCUT2D eigenvalue weighted by Crippen LogP contribution is -1.92. The maximum atomic E-state index is 5.71. The zero-order chi connectivity index (χ0) is 10.3. The van der Waals surface area contributed by atoms with Gasteiger partial charge in [0, 0.05) is 0 Å². The molecule has 0 aliphatic heterocycles. The summed E-state index contributed by atoms with van der Waals surface area (Å²) < 4.78 is 0. The second-order valence-electron chi connectivity index (χ2n) is 3.16. The number of hydrogen-bond donors (Lipinski definition) is 4. The molecule has 2 aromatic rings. The van der Waals surface area contributed by atoms with Crippen LogP contribution in [0.3, 0.4) is 0 Å². The fourth-order valence-electron chi connectivity index (χ4n) is 1.40. The molecule has 0 aliphatic carbocycles. The smallest absolute Gasteiger partial charge is 0.151 e. The Morgan fingerprint density at radius 2 is 1.20 bits per heavy atom. The zero-order valence-electron chi connectivity index (χ0n) is 8.46. The molecule has 0 fully saturated rings. The number of H-pyrrole nitrogens is 2. The van der Waals surface area contributed by atoms with Crippen LogP contribution < -0.4 is 11.5 Å². The van der Waals surface area contributed by atoms with Gasteiger partial charge in [0.25, 0.3) is 0 Å². The second kappa shape index (κ2) is 3.82. The van der Waals surface area contributed by atoms with Crippen LogP contribution in [0.15, 0.2) is 0 Å². The molecule has 0 saturated heterocycles. The fraction of sp³-hybridized carbons (Fsp3) is 0.250. The van der Waals surface area contributed by atoms with E-state index in [0.717, 1.165) is 11.6 Å². The van der Waals surface area contributed by atoms with Crippen LogP contribution >= 0.6 is 12.4 Å². The average Bonchev–Trinajstić information content (AvgIpc) is 2.55. The summed E-state index contributed by atoms with van der Waals surface area (Å²) in [7, 11) is 0. The largest absolute Gasteiger partial charge is 0.382 e. The zero-order valence-corrected chi connectivity index (χ0v) is 9.27. The number of nitrogens with two attached hydrogens (primary N) is 2. The molecule has 0 aliphatic rings. The van der Waals surface area contributed by atoms with Crippen molar-refractivity contribution in [3.05, 3.63) is 11.6 Å². The van der Waals surface area contributed by atoms with Crippen LogP contribution in [0.2, 0.25) is 0 Å². The number of nitrogens with zero attached hydrogens (tertiary/aromatic N) is 2. The Morgan fingerprint density at radius 1 is 0.867 bits per heavy atom. The third-order valence-corrected chi connectivity index (χ3v) is 1.95. The number of anilines is 2. The number of aryl methyl sites for hydroxylation is 2. The lowest BCUT2D eigenvalue weighted by atomic mass is 10.3. The molecule has 2 heterocycles. The van der Waals surface area contributed by atoms with E-state index in [-0.39, 0.29) is 12.4 Å². The van der Waals surface area contributed by atoms with E-state index < -0.39 is 0 Å². The van der Waals surface area contributed by atoms with E-state index in [9.17, 15) is 0 Å². The van der Waals surface area contributed by atoms with Crippen molar-refractivity contribution in [2.75, 3.05) is 11.5 Å². The molecule has 2 aromatic heterocycles. The molecule has 0 atom stereocenters. The summed E-state index contributed by atoms with van der Waals surface area (Å²) in [6.45, 7) is 3.67. The molecule has 7 heteroatoms. The first kappa shape index (κ1) is 11.4. The van der Waals surface area contributed by atoms with Gasteiger partial charge in [0.15, 0.2) is 11.6 Å². The third kappa shape index (κ3) is 1.89. The summed E-state index contributed by atoms with van der Waals surface area (Å²) in [5, 5.41) is 0. The summed E-state index contributed by atoms with van der Waals surface area (Å²) in [5.41, 5.74) is 12.8. The van der Waals surface area contributed by atoms with Crippen molar-refractivity contribution < 1.29 is 0 Å². The molecule has 0 spiro atoms. The number of nitrogens with one attached hydrogen (secondary N) is 2. The highest BCUT2D eigenvalue weighted by Gasteiger charge is 2.13. The molecule has 0 radical (unpaired) electrons. The molecule has 2 rings (SSSR count). The van der Waals surface area contributed by atoms with Gasteiger partial charge in [0.2, 0.25) is 0 Å². The first-order valence-corrected chi connectivity index (χ1v) is 4.22. The van der Waals surface area contributed by atoms with Crippen LogP contribution in [0, 0.1) is 13.8 Å². The van der Waals surface area contributed by atoms with E-state index in [0.29, 0.717) is 23.0 Å². The lowest BCUT2D eigenvalue weighted by Gasteiger charge is -1.95. The molecular formula is C8H13ClN6. The summed E-state index contributed by atoms with van der Waals surface area (Å²) in [4.78, 5) is 14.2. The molecule has 6 nitrogen and oxygen atoms in total. The summed E-state index contributed by atoms with van der Waals surface area (Å²) in [6, 6.07) is 0. The average molecular weight is 229 g/mol. The molecule has 15 heavy (non-hydrogen) atoms. The SMILES string of the molecule is Cc1nc(N)c(-c2[nH]c(C)nc2N)[nH]1.Cl.